The van der Waals surface area contributed by atoms with Gasteiger partial charge >= 0.3 is 0 Å². The number of amides is 1. The molecule has 0 bridgehead atoms. The smallest absolute Gasteiger partial charge is 0.275 e. The van der Waals surface area contributed by atoms with Gasteiger partial charge in [0.05, 0.1) is 23.1 Å². The summed E-state index contributed by atoms with van der Waals surface area (Å²) in [6.07, 6.45) is 2.86. The summed E-state index contributed by atoms with van der Waals surface area (Å²) < 4.78 is 0. The lowest BCUT2D eigenvalue weighted by Crippen LogP contribution is -2.14. The van der Waals surface area contributed by atoms with Gasteiger partial charge in [-0.3, -0.25) is 4.79 Å². The highest BCUT2D eigenvalue weighted by Gasteiger charge is 2.10. The van der Waals surface area contributed by atoms with Crippen molar-refractivity contribution in [1.29, 1.82) is 0 Å². The number of aromatic nitrogens is 2. The van der Waals surface area contributed by atoms with Crippen molar-refractivity contribution in [1.82, 2.24) is 9.97 Å². The third-order valence-corrected chi connectivity index (χ3v) is 3.67. The fourth-order valence-corrected chi connectivity index (χ4v) is 2.35. The Bertz CT molecular complexity index is 868. The molecule has 0 unspecified atom stereocenters. The van der Waals surface area contributed by atoms with Crippen LogP contribution >= 0.6 is 23.2 Å². The molecule has 3 aromatic rings. The van der Waals surface area contributed by atoms with E-state index < -0.39 is 0 Å². The summed E-state index contributed by atoms with van der Waals surface area (Å²) in [5.41, 5.74) is 1.49. The standard InChI is InChI=1S/C17H12Cl2N4O/c18-11-4-3-5-12(8-11)22-16-10-20-15(9-21-16)17(24)23-14-7-2-1-6-13(14)19/h1-10H,(H,21,22)(H,23,24). The second kappa shape index (κ2) is 7.29. The number of benzene rings is 2. The Labute approximate surface area is 148 Å². The van der Waals surface area contributed by atoms with Gasteiger partial charge < -0.3 is 10.6 Å². The molecule has 0 spiro atoms. The second-order valence-electron chi connectivity index (χ2n) is 4.86. The predicted molar refractivity (Wildman–Crippen MR) is 96.2 cm³/mol. The van der Waals surface area contributed by atoms with Crippen molar-refractivity contribution in [3.05, 3.63) is 76.7 Å². The Morgan fingerprint density at radius 3 is 2.50 bits per heavy atom. The Hall–Kier alpha value is -2.63. The number of hydrogen-bond acceptors (Lipinski definition) is 4. The Balaban J connectivity index is 1.70. The number of nitrogens with zero attached hydrogens (tertiary/aromatic N) is 2. The summed E-state index contributed by atoms with van der Waals surface area (Å²) in [5.74, 6) is 0.122. The molecule has 0 aliphatic rings. The number of hydrogen-bond donors (Lipinski definition) is 2. The van der Waals surface area contributed by atoms with Gasteiger partial charge in [-0.2, -0.15) is 0 Å². The summed E-state index contributed by atoms with van der Waals surface area (Å²) in [6, 6.07) is 14.2. The lowest BCUT2D eigenvalue weighted by molar-refractivity contribution is 0.102. The van der Waals surface area contributed by atoms with Crippen molar-refractivity contribution in [3.63, 3.8) is 0 Å². The molecular formula is C17H12Cl2N4O. The molecule has 0 aliphatic heterocycles. The van der Waals surface area contributed by atoms with Crippen LogP contribution in [0.1, 0.15) is 10.5 Å². The second-order valence-corrected chi connectivity index (χ2v) is 5.70. The minimum Gasteiger partial charge on any atom is -0.339 e. The maximum atomic E-state index is 12.2. The number of carbonyl (C=O) groups excluding carboxylic acids is 1. The number of rotatable bonds is 4. The van der Waals surface area contributed by atoms with Crippen LogP contribution in [0.3, 0.4) is 0 Å². The Morgan fingerprint density at radius 1 is 0.958 bits per heavy atom. The zero-order valence-corrected chi connectivity index (χ0v) is 13.8. The van der Waals surface area contributed by atoms with Crippen LogP contribution in [0.15, 0.2) is 60.9 Å². The van der Waals surface area contributed by atoms with Crippen LogP contribution < -0.4 is 10.6 Å². The first-order valence-electron chi connectivity index (χ1n) is 7.02. The molecule has 0 fully saturated rings. The third kappa shape index (κ3) is 4.01. The number of carbonyl (C=O) groups is 1. The van der Waals surface area contributed by atoms with Crippen molar-refractivity contribution in [2.75, 3.05) is 10.6 Å². The van der Waals surface area contributed by atoms with Crippen LogP contribution in [0, 0.1) is 0 Å². The van der Waals surface area contributed by atoms with Gasteiger partial charge in [0.25, 0.3) is 5.91 Å². The molecule has 1 heterocycles. The summed E-state index contributed by atoms with van der Waals surface area (Å²) >= 11 is 11.9. The summed E-state index contributed by atoms with van der Waals surface area (Å²) in [5, 5.41) is 6.82. The highest BCUT2D eigenvalue weighted by Crippen LogP contribution is 2.21. The fourth-order valence-electron chi connectivity index (χ4n) is 1.97. The van der Waals surface area contributed by atoms with Gasteiger partial charge in [0, 0.05) is 10.7 Å². The van der Waals surface area contributed by atoms with E-state index in [9.17, 15) is 4.79 Å². The van der Waals surface area contributed by atoms with Crippen LogP contribution in [0.4, 0.5) is 17.2 Å². The molecule has 2 N–H and O–H groups in total. The van der Waals surface area contributed by atoms with E-state index in [1.807, 2.05) is 12.1 Å². The quantitative estimate of drug-likeness (QED) is 0.704. The average molecular weight is 359 g/mol. The zero-order valence-electron chi connectivity index (χ0n) is 12.3. The first-order valence-corrected chi connectivity index (χ1v) is 7.78. The lowest BCUT2D eigenvalue weighted by Gasteiger charge is -2.08. The maximum Gasteiger partial charge on any atom is 0.275 e. The topological polar surface area (TPSA) is 66.9 Å². The molecule has 2 aromatic carbocycles. The third-order valence-electron chi connectivity index (χ3n) is 3.10. The van der Waals surface area contributed by atoms with E-state index in [-0.39, 0.29) is 11.6 Å². The molecule has 1 aromatic heterocycles. The van der Waals surface area contributed by atoms with Crippen molar-refractivity contribution in [2.24, 2.45) is 0 Å². The molecular weight excluding hydrogens is 347 g/mol. The molecule has 3 rings (SSSR count). The Morgan fingerprint density at radius 2 is 1.79 bits per heavy atom. The van der Waals surface area contributed by atoms with E-state index in [1.165, 1.54) is 12.4 Å². The van der Waals surface area contributed by atoms with Crippen LogP contribution in [-0.4, -0.2) is 15.9 Å². The minimum absolute atomic E-state index is 0.187. The van der Waals surface area contributed by atoms with Gasteiger partial charge in [-0.25, -0.2) is 9.97 Å². The Kier molecular flexibility index (Phi) is 4.93. The molecule has 5 nitrogen and oxygen atoms in total. The van der Waals surface area contributed by atoms with Crippen LogP contribution in [-0.2, 0) is 0 Å². The van der Waals surface area contributed by atoms with Gasteiger partial charge in [0.15, 0.2) is 0 Å². The first-order chi connectivity index (χ1) is 11.6. The highest BCUT2D eigenvalue weighted by atomic mass is 35.5. The summed E-state index contributed by atoms with van der Waals surface area (Å²) in [6.45, 7) is 0. The summed E-state index contributed by atoms with van der Waals surface area (Å²) in [4.78, 5) is 20.5. The summed E-state index contributed by atoms with van der Waals surface area (Å²) in [7, 11) is 0. The van der Waals surface area contributed by atoms with Crippen LogP contribution in [0.5, 0.6) is 0 Å². The monoisotopic (exact) mass is 358 g/mol. The van der Waals surface area contributed by atoms with Crippen molar-refractivity contribution in [2.45, 2.75) is 0 Å². The molecule has 0 aliphatic carbocycles. The predicted octanol–water partition coefficient (Wildman–Crippen LogP) is 4.78. The number of para-hydroxylation sites is 1. The normalized spacial score (nSPS) is 10.2. The number of anilines is 3. The van der Waals surface area contributed by atoms with Gasteiger partial charge in [-0.15, -0.1) is 0 Å². The molecule has 24 heavy (non-hydrogen) atoms. The molecule has 0 saturated heterocycles. The van der Waals surface area contributed by atoms with Gasteiger partial charge in [-0.1, -0.05) is 41.4 Å². The molecule has 7 heteroatoms. The van der Waals surface area contributed by atoms with E-state index in [1.54, 1.807) is 36.4 Å². The van der Waals surface area contributed by atoms with Crippen molar-refractivity contribution < 1.29 is 4.79 Å². The number of nitrogens with one attached hydrogen (secondary N) is 2. The molecule has 0 saturated carbocycles. The molecule has 0 atom stereocenters. The lowest BCUT2D eigenvalue weighted by atomic mass is 10.3. The van der Waals surface area contributed by atoms with Crippen molar-refractivity contribution in [3.8, 4) is 0 Å². The van der Waals surface area contributed by atoms with E-state index in [0.29, 0.717) is 21.6 Å². The van der Waals surface area contributed by atoms with E-state index >= 15 is 0 Å². The van der Waals surface area contributed by atoms with E-state index in [0.717, 1.165) is 5.69 Å². The van der Waals surface area contributed by atoms with Crippen LogP contribution in [0.25, 0.3) is 0 Å². The molecule has 0 radical (unpaired) electrons. The first kappa shape index (κ1) is 16.2. The molecule has 120 valence electrons. The van der Waals surface area contributed by atoms with Gasteiger partial charge in [-0.05, 0) is 30.3 Å². The zero-order chi connectivity index (χ0) is 16.9. The maximum absolute atomic E-state index is 12.2. The largest absolute Gasteiger partial charge is 0.339 e. The fraction of sp³-hybridized carbons (Fsp3) is 0. The van der Waals surface area contributed by atoms with E-state index in [4.69, 9.17) is 23.2 Å². The average Bonchev–Trinajstić information content (AvgIpc) is 2.57. The molecule has 1 amide bonds. The van der Waals surface area contributed by atoms with Crippen molar-refractivity contribution >= 4 is 46.3 Å². The SMILES string of the molecule is O=C(Nc1ccccc1Cl)c1cnc(Nc2cccc(Cl)c2)cn1. The van der Waals surface area contributed by atoms with Crippen LogP contribution in [0.2, 0.25) is 10.0 Å². The number of halogens is 2. The highest BCUT2D eigenvalue weighted by molar-refractivity contribution is 6.33. The van der Waals surface area contributed by atoms with Gasteiger partial charge in [0.1, 0.15) is 11.5 Å². The van der Waals surface area contributed by atoms with E-state index in [2.05, 4.69) is 20.6 Å². The van der Waals surface area contributed by atoms with Gasteiger partial charge in [0.2, 0.25) is 0 Å². The minimum atomic E-state index is -0.384.